The molecule has 1 saturated heterocycles. The number of para-hydroxylation sites is 1. The Morgan fingerprint density at radius 2 is 1.93 bits per heavy atom. The van der Waals surface area contributed by atoms with Crippen molar-refractivity contribution in [2.45, 2.75) is 0 Å². The predicted molar refractivity (Wildman–Crippen MR) is 109 cm³/mol. The van der Waals surface area contributed by atoms with Gasteiger partial charge >= 0.3 is 0 Å². The number of benzene rings is 2. The van der Waals surface area contributed by atoms with Crippen LogP contribution in [0.15, 0.2) is 54.7 Å². The summed E-state index contributed by atoms with van der Waals surface area (Å²) in [6.45, 7) is 3.18. The smallest absolute Gasteiger partial charge is 0.153 e. The van der Waals surface area contributed by atoms with E-state index in [1.165, 1.54) is 0 Å². The van der Waals surface area contributed by atoms with Gasteiger partial charge in [-0.15, -0.1) is 0 Å². The lowest BCUT2D eigenvalue weighted by Gasteiger charge is -2.29. The number of aromatic nitrogens is 1. The lowest BCUT2D eigenvalue weighted by molar-refractivity contribution is 0.112. The molecule has 0 amide bonds. The van der Waals surface area contributed by atoms with Gasteiger partial charge in [0, 0.05) is 37.4 Å². The monoisotopic (exact) mass is 362 g/mol. The number of hydrogen-bond donors (Lipinski definition) is 1. The summed E-state index contributed by atoms with van der Waals surface area (Å²) in [7, 11) is 1.93. The van der Waals surface area contributed by atoms with Crippen molar-refractivity contribution >= 4 is 34.3 Å². The van der Waals surface area contributed by atoms with Gasteiger partial charge in [0.25, 0.3) is 0 Å². The fraction of sp³-hybridized carbons (Fsp3) is 0.238. The molecule has 27 heavy (non-hydrogen) atoms. The number of ether oxygens (including phenoxy) is 1. The third kappa shape index (κ3) is 3.57. The molecule has 6 heteroatoms. The zero-order chi connectivity index (χ0) is 18.6. The second kappa shape index (κ2) is 7.63. The van der Waals surface area contributed by atoms with Gasteiger partial charge in [0.15, 0.2) is 6.29 Å². The maximum atomic E-state index is 11.7. The van der Waals surface area contributed by atoms with Gasteiger partial charge in [0.1, 0.15) is 0 Å². The van der Waals surface area contributed by atoms with Crippen molar-refractivity contribution in [3.05, 3.63) is 60.3 Å². The molecule has 0 atom stereocenters. The molecule has 2 heterocycles. The topological polar surface area (TPSA) is 57.7 Å². The van der Waals surface area contributed by atoms with E-state index < -0.39 is 0 Å². The minimum Gasteiger partial charge on any atom is -0.378 e. The van der Waals surface area contributed by atoms with Gasteiger partial charge in [0.2, 0.25) is 0 Å². The summed E-state index contributed by atoms with van der Waals surface area (Å²) >= 11 is 0. The zero-order valence-corrected chi connectivity index (χ0v) is 15.3. The number of anilines is 3. The van der Waals surface area contributed by atoms with Crippen LogP contribution in [-0.2, 0) is 4.74 Å². The zero-order valence-electron chi connectivity index (χ0n) is 15.3. The lowest BCUT2D eigenvalue weighted by atomic mass is 10.1. The molecule has 0 radical (unpaired) electrons. The van der Waals surface area contributed by atoms with Gasteiger partial charge in [-0.05, 0) is 30.3 Å². The van der Waals surface area contributed by atoms with E-state index in [9.17, 15) is 4.79 Å². The normalized spacial score (nSPS) is 14.2. The molecule has 3 aromatic rings. The molecule has 0 spiro atoms. The number of hydrazine groups is 1. The van der Waals surface area contributed by atoms with Gasteiger partial charge in [-0.3, -0.25) is 20.2 Å². The predicted octanol–water partition coefficient (Wildman–Crippen LogP) is 3.35. The number of carbonyl (C=O) groups is 1. The first-order chi connectivity index (χ1) is 13.3. The third-order valence-electron chi connectivity index (χ3n) is 4.81. The molecule has 1 aromatic heterocycles. The van der Waals surface area contributed by atoms with E-state index >= 15 is 0 Å². The highest BCUT2D eigenvalue weighted by Gasteiger charge is 2.15. The molecule has 138 valence electrons. The molecule has 0 unspecified atom stereocenters. The molecule has 1 N–H and O–H groups in total. The highest BCUT2D eigenvalue weighted by molar-refractivity contribution is 6.01. The Labute approximate surface area is 158 Å². The summed E-state index contributed by atoms with van der Waals surface area (Å²) in [5.74, 6) is 0. The Kier molecular flexibility index (Phi) is 4.89. The molecule has 0 saturated carbocycles. The first kappa shape index (κ1) is 17.3. The van der Waals surface area contributed by atoms with Gasteiger partial charge < -0.3 is 9.64 Å². The van der Waals surface area contributed by atoms with Crippen molar-refractivity contribution in [2.75, 3.05) is 48.7 Å². The van der Waals surface area contributed by atoms with E-state index in [0.29, 0.717) is 5.56 Å². The molecule has 0 aliphatic carbocycles. The Balaban J connectivity index is 1.75. The quantitative estimate of drug-likeness (QED) is 0.555. The largest absolute Gasteiger partial charge is 0.378 e. The van der Waals surface area contributed by atoms with Gasteiger partial charge in [0.05, 0.1) is 35.7 Å². The summed E-state index contributed by atoms with van der Waals surface area (Å²) in [5.41, 5.74) is 7.63. The highest BCUT2D eigenvalue weighted by atomic mass is 16.5. The van der Waals surface area contributed by atoms with Gasteiger partial charge in [-0.2, -0.15) is 0 Å². The minimum atomic E-state index is 0.532. The van der Waals surface area contributed by atoms with E-state index in [0.717, 1.165) is 60.6 Å². The first-order valence-electron chi connectivity index (χ1n) is 9.02. The van der Waals surface area contributed by atoms with Crippen LogP contribution >= 0.6 is 0 Å². The Hall–Kier alpha value is -3.12. The van der Waals surface area contributed by atoms with Crippen molar-refractivity contribution in [3.8, 4) is 0 Å². The van der Waals surface area contributed by atoms with E-state index in [1.807, 2.05) is 48.5 Å². The highest BCUT2D eigenvalue weighted by Crippen LogP contribution is 2.30. The standard InChI is InChI=1S/C21H22N4O2/c1-24(17-5-3-2-4-6-17)23-21-16(15-26)14-22-20-8-7-18(13-19(20)21)25-9-11-27-12-10-25/h2-8,13-15H,9-12H2,1H3,(H,22,23). The lowest BCUT2D eigenvalue weighted by Crippen LogP contribution is -2.36. The van der Waals surface area contributed by atoms with E-state index in [4.69, 9.17) is 4.74 Å². The molecular formula is C21H22N4O2. The van der Waals surface area contributed by atoms with Crippen LogP contribution in [-0.4, -0.2) is 44.6 Å². The summed E-state index contributed by atoms with van der Waals surface area (Å²) in [5, 5.41) is 2.83. The van der Waals surface area contributed by atoms with Crippen LogP contribution in [0, 0.1) is 0 Å². The molecule has 1 aliphatic heterocycles. The Morgan fingerprint density at radius 3 is 2.67 bits per heavy atom. The summed E-state index contributed by atoms with van der Waals surface area (Å²) < 4.78 is 5.45. The SMILES string of the molecule is CN(Nc1c(C=O)cnc2ccc(N3CCOCC3)cc12)c1ccccc1. The number of carbonyl (C=O) groups excluding carboxylic acids is 1. The number of fused-ring (bicyclic) bond motifs is 1. The number of nitrogens with one attached hydrogen (secondary N) is 1. The first-order valence-corrected chi connectivity index (χ1v) is 9.02. The molecular weight excluding hydrogens is 340 g/mol. The van der Waals surface area contributed by atoms with Crippen LogP contribution in [0.25, 0.3) is 10.9 Å². The van der Waals surface area contributed by atoms with Crippen LogP contribution in [0.1, 0.15) is 10.4 Å². The number of morpholine rings is 1. The number of hydrogen-bond acceptors (Lipinski definition) is 6. The Bertz CT molecular complexity index is 940. The molecule has 2 aromatic carbocycles. The van der Waals surface area contributed by atoms with Crippen LogP contribution in [0.4, 0.5) is 17.1 Å². The van der Waals surface area contributed by atoms with Crippen LogP contribution < -0.4 is 15.3 Å². The summed E-state index contributed by atoms with van der Waals surface area (Å²) in [6.07, 6.45) is 2.46. The van der Waals surface area contributed by atoms with E-state index in [1.54, 1.807) is 6.20 Å². The van der Waals surface area contributed by atoms with E-state index in [-0.39, 0.29) is 0 Å². The maximum absolute atomic E-state index is 11.7. The Morgan fingerprint density at radius 1 is 1.15 bits per heavy atom. The number of aldehydes is 1. The van der Waals surface area contributed by atoms with Crippen molar-refractivity contribution in [2.24, 2.45) is 0 Å². The van der Waals surface area contributed by atoms with Crippen molar-refractivity contribution in [1.82, 2.24) is 4.98 Å². The molecule has 0 bridgehead atoms. The van der Waals surface area contributed by atoms with Crippen molar-refractivity contribution in [1.29, 1.82) is 0 Å². The molecule has 6 nitrogen and oxygen atoms in total. The van der Waals surface area contributed by atoms with Crippen LogP contribution in [0.2, 0.25) is 0 Å². The van der Waals surface area contributed by atoms with E-state index in [2.05, 4.69) is 27.4 Å². The summed E-state index contributed by atoms with van der Waals surface area (Å²) in [6, 6.07) is 16.1. The second-order valence-corrected chi connectivity index (χ2v) is 6.51. The fourth-order valence-corrected chi connectivity index (χ4v) is 3.31. The fourth-order valence-electron chi connectivity index (χ4n) is 3.31. The number of rotatable bonds is 5. The molecule has 1 aliphatic rings. The average molecular weight is 362 g/mol. The van der Waals surface area contributed by atoms with Crippen LogP contribution in [0.3, 0.4) is 0 Å². The molecule has 1 fully saturated rings. The maximum Gasteiger partial charge on any atom is 0.153 e. The minimum absolute atomic E-state index is 0.532. The average Bonchev–Trinajstić information content (AvgIpc) is 2.75. The summed E-state index contributed by atoms with van der Waals surface area (Å²) in [4.78, 5) is 18.4. The van der Waals surface area contributed by atoms with Crippen molar-refractivity contribution in [3.63, 3.8) is 0 Å². The third-order valence-corrected chi connectivity index (χ3v) is 4.81. The van der Waals surface area contributed by atoms with Crippen LogP contribution in [0.5, 0.6) is 0 Å². The number of nitrogens with zero attached hydrogens (tertiary/aromatic N) is 3. The van der Waals surface area contributed by atoms with Crippen molar-refractivity contribution < 1.29 is 9.53 Å². The molecule has 4 rings (SSSR count). The number of pyridine rings is 1. The van der Waals surface area contributed by atoms with Gasteiger partial charge in [-0.1, -0.05) is 18.2 Å². The van der Waals surface area contributed by atoms with Gasteiger partial charge in [-0.25, -0.2) is 0 Å². The second-order valence-electron chi connectivity index (χ2n) is 6.51.